The first-order valence-corrected chi connectivity index (χ1v) is 2.37. The number of hydrogen-bond donors (Lipinski definition) is 0. The van der Waals surface area contributed by atoms with E-state index in [1.54, 1.807) is 0 Å². The van der Waals surface area contributed by atoms with Gasteiger partial charge in [0.15, 0.2) is 0 Å². The Bertz CT molecular complexity index is 145. The predicted octanol–water partition coefficient (Wildman–Crippen LogP) is 0.847. The number of rotatable bonds is 0. The summed E-state index contributed by atoms with van der Waals surface area (Å²) in [7, 11) is 0. The van der Waals surface area contributed by atoms with Crippen molar-refractivity contribution in [2.24, 2.45) is 0 Å². The van der Waals surface area contributed by atoms with E-state index in [1.165, 1.54) is 11.3 Å². The van der Waals surface area contributed by atoms with Gasteiger partial charge in [0.1, 0.15) is 10.5 Å². The maximum atomic E-state index is 6.86. The summed E-state index contributed by atoms with van der Waals surface area (Å²) >= 11 is 1.29. The Labute approximate surface area is 41.2 Å². The molecule has 0 fully saturated rings. The fourth-order valence-corrected chi connectivity index (χ4v) is 0.493. The van der Waals surface area contributed by atoms with Crippen LogP contribution in [-0.2, 0) is 0 Å². The molecule has 0 saturated carbocycles. The fourth-order valence-electron chi connectivity index (χ4n) is 0.198. The maximum absolute atomic E-state index is 6.86. The van der Waals surface area contributed by atoms with Crippen LogP contribution in [0.3, 0.4) is 0 Å². The first-order valence-electron chi connectivity index (χ1n) is 2.06. The highest BCUT2D eigenvalue weighted by molar-refractivity contribution is 7.09. The van der Waals surface area contributed by atoms with Crippen molar-refractivity contribution in [3.63, 3.8) is 0 Å². The summed E-state index contributed by atoms with van der Waals surface area (Å²) in [4.78, 5) is 0. The first-order chi connectivity index (χ1) is 3.29. The molecule has 1 aromatic rings. The lowest BCUT2D eigenvalue weighted by molar-refractivity contribution is 1.05. The molecule has 2 nitrogen and oxygen atoms in total. The molecular formula is C3H4N2S. The van der Waals surface area contributed by atoms with Crippen molar-refractivity contribution in [2.45, 2.75) is 6.92 Å². The molecule has 3 heteroatoms. The molecule has 1 aromatic heterocycles. The number of aryl methyl sites for hydroxylation is 1. The summed E-state index contributed by atoms with van der Waals surface area (Å²) < 4.78 is 6.86. The van der Waals surface area contributed by atoms with Crippen LogP contribution in [0.25, 0.3) is 0 Å². The molecule has 0 unspecified atom stereocenters. The second-order valence-corrected chi connectivity index (χ2v) is 1.89. The number of aromatic nitrogens is 2. The quantitative estimate of drug-likeness (QED) is 0.484. The van der Waals surface area contributed by atoms with E-state index >= 15 is 0 Å². The second kappa shape index (κ2) is 1.34. The van der Waals surface area contributed by atoms with Crippen LogP contribution in [0.5, 0.6) is 0 Å². The van der Waals surface area contributed by atoms with Gasteiger partial charge in [0.2, 0.25) is 0 Å². The average Bonchev–Trinajstić information content (AvgIpc) is 1.87. The molecule has 0 spiro atoms. The van der Waals surface area contributed by atoms with Gasteiger partial charge in [-0.25, -0.2) is 0 Å². The molecule has 0 aliphatic carbocycles. The monoisotopic (exact) mass is 101 g/mol. The van der Waals surface area contributed by atoms with Crippen LogP contribution < -0.4 is 0 Å². The molecule has 0 saturated heterocycles. The van der Waals surface area contributed by atoms with Gasteiger partial charge in [0.25, 0.3) is 0 Å². The Kier molecular flexibility index (Phi) is 0.601. The summed E-state index contributed by atoms with van der Waals surface area (Å²) in [5.41, 5.74) is 0.289. The Hall–Kier alpha value is -0.440. The van der Waals surface area contributed by atoms with Gasteiger partial charge in [-0.3, -0.25) is 0 Å². The molecule has 1 rings (SSSR count). The highest BCUT2D eigenvalue weighted by atomic mass is 32.1. The zero-order valence-corrected chi connectivity index (χ0v) is 4.12. The lowest BCUT2D eigenvalue weighted by atomic mass is 10.9. The first kappa shape index (κ1) is 2.69. The van der Waals surface area contributed by atoms with Crippen LogP contribution >= 0.6 is 11.3 Å². The van der Waals surface area contributed by atoms with E-state index in [0.717, 1.165) is 5.01 Å². The SMILES string of the molecule is [2H]c1nnc(C)s1. The Morgan fingerprint density at radius 3 is 3.17 bits per heavy atom. The van der Waals surface area contributed by atoms with E-state index in [-0.39, 0.29) is 5.49 Å². The fraction of sp³-hybridized carbons (Fsp3) is 0.333. The number of hydrogen-bond acceptors (Lipinski definition) is 3. The third-order valence-electron chi connectivity index (χ3n) is 0.425. The molecule has 0 aromatic carbocycles. The van der Waals surface area contributed by atoms with Crippen molar-refractivity contribution in [1.82, 2.24) is 10.2 Å². The van der Waals surface area contributed by atoms with Crippen LogP contribution in [0.1, 0.15) is 6.38 Å². The van der Waals surface area contributed by atoms with Crippen molar-refractivity contribution in [1.29, 1.82) is 0 Å². The van der Waals surface area contributed by atoms with Gasteiger partial charge >= 0.3 is 0 Å². The van der Waals surface area contributed by atoms with Gasteiger partial charge in [-0.1, -0.05) is 0 Å². The lowest BCUT2D eigenvalue weighted by Crippen LogP contribution is -1.64. The van der Waals surface area contributed by atoms with Crippen molar-refractivity contribution < 1.29 is 1.37 Å². The van der Waals surface area contributed by atoms with Crippen molar-refractivity contribution in [3.05, 3.63) is 10.5 Å². The molecule has 32 valence electrons. The molecule has 0 bridgehead atoms. The minimum Gasteiger partial charge on any atom is -0.147 e. The maximum Gasteiger partial charge on any atom is 0.114 e. The summed E-state index contributed by atoms with van der Waals surface area (Å²) in [6, 6.07) is 0. The predicted molar refractivity (Wildman–Crippen MR) is 24.6 cm³/mol. The van der Waals surface area contributed by atoms with E-state index in [1.807, 2.05) is 6.92 Å². The van der Waals surface area contributed by atoms with Crippen LogP contribution in [0.2, 0.25) is 0 Å². The van der Waals surface area contributed by atoms with Crippen molar-refractivity contribution >= 4 is 11.3 Å². The molecule has 1 heterocycles. The normalized spacial score (nSPS) is 11.2. The smallest absolute Gasteiger partial charge is 0.114 e. The van der Waals surface area contributed by atoms with E-state index in [0.29, 0.717) is 0 Å². The topological polar surface area (TPSA) is 25.8 Å². The minimum absolute atomic E-state index is 0.289. The largest absolute Gasteiger partial charge is 0.147 e. The van der Waals surface area contributed by atoms with Gasteiger partial charge in [-0.2, -0.15) is 0 Å². The van der Waals surface area contributed by atoms with Gasteiger partial charge < -0.3 is 0 Å². The summed E-state index contributed by atoms with van der Waals surface area (Å²) in [6.45, 7) is 1.83. The zero-order chi connectivity index (χ0) is 5.28. The van der Waals surface area contributed by atoms with Crippen molar-refractivity contribution in [3.8, 4) is 0 Å². The molecular weight excluding hydrogens is 96.1 g/mol. The highest BCUT2D eigenvalue weighted by Crippen LogP contribution is 1.94. The third-order valence-corrected chi connectivity index (χ3v) is 0.975. The van der Waals surface area contributed by atoms with Crippen LogP contribution in [0, 0.1) is 6.92 Å². The summed E-state index contributed by atoms with van der Waals surface area (Å²) in [5.74, 6) is 0. The van der Waals surface area contributed by atoms with Gasteiger partial charge in [-0.15, -0.1) is 21.5 Å². The van der Waals surface area contributed by atoms with Gasteiger partial charge in [0, 0.05) is 0 Å². The highest BCUT2D eigenvalue weighted by Gasteiger charge is 1.78. The third kappa shape index (κ3) is 0.542. The van der Waals surface area contributed by atoms with Crippen LogP contribution in [0.4, 0.5) is 0 Å². The molecule has 0 aliphatic heterocycles. The second-order valence-electron chi connectivity index (χ2n) is 0.912. The lowest BCUT2D eigenvalue weighted by Gasteiger charge is -1.61. The van der Waals surface area contributed by atoms with Gasteiger partial charge in [0.05, 0.1) is 1.37 Å². The molecule has 0 atom stereocenters. The Balaban J connectivity index is 3.04. The molecule has 0 radical (unpaired) electrons. The molecule has 0 N–H and O–H groups in total. The van der Waals surface area contributed by atoms with E-state index in [4.69, 9.17) is 1.37 Å². The average molecular weight is 101 g/mol. The number of nitrogens with zero attached hydrogens (tertiary/aromatic N) is 2. The summed E-state index contributed by atoms with van der Waals surface area (Å²) in [6.07, 6.45) is 0. The minimum atomic E-state index is 0.289. The van der Waals surface area contributed by atoms with Crippen LogP contribution in [0.15, 0.2) is 5.49 Å². The zero-order valence-electron chi connectivity index (χ0n) is 4.30. The molecule has 0 aliphatic rings. The molecule has 0 amide bonds. The summed E-state index contributed by atoms with van der Waals surface area (Å²) in [5, 5.41) is 7.90. The van der Waals surface area contributed by atoms with Gasteiger partial charge in [-0.05, 0) is 6.92 Å². The Morgan fingerprint density at radius 2 is 3.00 bits per heavy atom. The van der Waals surface area contributed by atoms with Crippen molar-refractivity contribution in [2.75, 3.05) is 0 Å². The molecule has 6 heavy (non-hydrogen) atoms. The standard InChI is InChI=1S/C3H4N2S/c1-3-5-4-2-6-3/h2H,1H3/i2D. The Morgan fingerprint density at radius 1 is 2.17 bits per heavy atom. The van der Waals surface area contributed by atoms with E-state index in [2.05, 4.69) is 10.2 Å². The van der Waals surface area contributed by atoms with E-state index in [9.17, 15) is 0 Å². The van der Waals surface area contributed by atoms with Crippen LogP contribution in [-0.4, -0.2) is 10.2 Å². The van der Waals surface area contributed by atoms with E-state index < -0.39 is 0 Å².